The van der Waals surface area contributed by atoms with Gasteiger partial charge in [0.1, 0.15) is 17.2 Å². The number of carbonyl (C=O) groups is 2. The van der Waals surface area contributed by atoms with Gasteiger partial charge < -0.3 is 20.4 Å². The molecular weight excluding hydrogens is 300 g/mol. The van der Waals surface area contributed by atoms with Gasteiger partial charge in [-0.2, -0.15) is 0 Å². The summed E-state index contributed by atoms with van der Waals surface area (Å²) in [4.78, 5) is 25.1. The molecule has 2 aromatic rings. The van der Waals surface area contributed by atoms with Crippen LogP contribution in [-0.4, -0.2) is 38.6 Å². The van der Waals surface area contributed by atoms with E-state index in [4.69, 9.17) is 5.11 Å². The summed E-state index contributed by atoms with van der Waals surface area (Å²) in [7, 11) is 0. The van der Waals surface area contributed by atoms with Crippen molar-refractivity contribution in [3.63, 3.8) is 0 Å². The first kappa shape index (κ1) is 15.1. The second kappa shape index (κ2) is 5.40. The Labute approximate surface area is 131 Å². The summed E-state index contributed by atoms with van der Waals surface area (Å²) in [6.07, 6.45) is 0.898. The van der Waals surface area contributed by atoms with Crippen molar-refractivity contribution in [1.29, 1.82) is 0 Å². The third-order valence-electron chi connectivity index (χ3n) is 3.85. The zero-order valence-corrected chi connectivity index (χ0v) is 12.0. The molecular formula is C17H14O6. The Morgan fingerprint density at radius 2 is 1.39 bits per heavy atom. The summed E-state index contributed by atoms with van der Waals surface area (Å²) < 4.78 is 0. The molecule has 2 aromatic carbocycles. The summed E-state index contributed by atoms with van der Waals surface area (Å²) in [5.74, 6) is -2.40. The van der Waals surface area contributed by atoms with Gasteiger partial charge in [-0.3, -0.25) is 9.59 Å². The van der Waals surface area contributed by atoms with E-state index in [-0.39, 0.29) is 40.4 Å². The number of benzene rings is 2. The Morgan fingerprint density at radius 1 is 0.783 bits per heavy atom. The number of phenolic OH excluding ortho intramolecular Hbond substituents is 3. The van der Waals surface area contributed by atoms with E-state index >= 15 is 0 Å². The molecule has 6 nitrogen and oxygen atoms in total. The van der Waals surface area contributed by atoms with Gasteiger partial charge in [0.05, 0.1) is 11.1 Å². The van der Waals surface area contributed by atoms with Crippen molar-refractivity contribution < 1.29 is 30.0 Å². The zero-order chi connectivity index (χ0) is 16.7. The largest absolute Gasteiger partial charge is 0.508 e. The molecule has 0 saturated carbocycles. The Balaban J connectivity index is 2.21. The van der Waals surface area contributed by atoms with E-state index < -0.39 is 17.3 Å². The van der Waals surface area contributed by atoms with E-state index in [1.54, 1.807) is 0 Å². The maximum absolute atomic E-state index is 12.6. The van der Waals surface area contributed by atoms with Crippen LogP contribution in [-0.2, 0) is 6.42 Å². The van der Waals surface area contributed by atoms with Crippen molar-refractivity contribution in [2.24, 2.45) is 0 Å². The second-order valence-electron chi connectivity index (χ2n) is 5.41. The first-order valence-corrected chi connectivity index (χ1v) is 7.06. The molecule has 0 atom stereocenters. The van der Waals surface area contributed by atoms with Crippen LogP contribution in [0.2, 0.25) is 0 Å². The molecule has 0 saturated heterocycles. The summed E-state index contributed by atoms with van der Waals surface area (Å²) in [6, 6.07) is 4.97. The fraction of sp³-hybridized carbons (Fsp3) is 0.176. The molecule has 118 valence electrons. The molecule has 0 bridgehead atoms. The molecule has 0 spiro atoms. The molecule has 0 radical (unpaired) electrons. The molecule has 0 heterocycles. The molecule has 3 rings (SSSR count). The molecule has 0 aromatic heterocycles. The van der Waals surface area contributed by atoms with Crippen LogP contribution < -0.4 is 0 Å². The summed E-state index contributed by atoms with van der Waals surface area (Å²) >= 11 is 0. The molecule has 0 fully saturated rings. The smallest absolute Gasteiger partial charge is 0.201 e. The number of fused-ring (bicyclic) bond motifs is 2. The van der Waals surface area contributed by atoms with Crippen molar-refractivity contribution in [3.05, 3.63) is 52.1 Å². The van der Waals surface area contributed by atoms with Crippen molar-refractivity contribution in [2.75, 3.05) is 6.61 Å². The molecule has 6 heteroatoms. The summed E-state index contributed by atoms with van der Waals surface area (Å²) in [6.45, 7) is -0.0324. The highest BCUT2D eigenvalue weighted by atomic mass is 16.3. The van der Waals surface area contributed by atoms with Crippen LogP contribution in [0.5, 0.6) is 17.2 Å². The number of ketones is 2. The van der Waals surface area contributed by atoms with Crippen LogP contribution in [0.15, 0.2) is 24.3 Å². The molecule has 0 unspecified atom stereocenters. The third kappa shape index (κ3) is 2.33. The van der Waals surface area contributed by atoms with Crippen molar-refractivity contribution >= 4 is 11.6 Å². The number of rotatable bonds is 3. The predicted octanol–water partition coefficient (Wildman–Crippen LogP) is 1.50. The van der Waals surface area contributed by atoms with Gasteiger partial charge in [-0.1, -0.05) is 0 Å². The van der Waals surface area contributed by atoms with E-state index in [1.807, 2.05) is 0 Å². The van der Waals surface area contributed by atoms with Crippen LogP contribution in [0.3, 0.4) is 0 Å². The molecule has 0 amide bonds. The lowest BCUT2D eigenvalue weighted by molar-refractivity contribution is 0.0974. The van der Waals surface area contributed by atoms with Gasteiger partial charge in [0.25, 0.3) is 0 Å². The lowest BCUT2D eigenvalue weighted by Gasteiger charge is -2.20. The van der Waals surface area contributed by atoms with Crippen LogP contribution >= 0.6 is 0 Å². The second-order valence-corrected chi connectivity index (χ2v) is 5.41. The van der Waals surface area contributed by atoms with Gasteiger partial charge in [0.2, 0.25) is 5.78 Å². The van der Waals surface area contributed by atoms with Crippen molar-refractivity contribution in [1.82, 2.24) is 0 Å². The van der Waals surface area contributed by atoms with Gasteiger partial charge in [-0.15, -0.1) is 0 Å². The number of aliphatic hydroxyl groups excluding tert-OH is 1. The van der Waals surface area contributed by atoms with Gasteiger partial charge in [0, 0.05) is 23.8 Å². The highest BCUT2D eigenvalue weighted by Crippen LogP contribution is 2.39. The SMILES string of the molecule is O=C1c2cc(O)cc(O)c2C(=O)c2c(O)cc(CCCO)cc21. The van der Waals surface area contributed by atoms with Gasteiger partial charge in [-0.25, -0.2) is 0 Å². The van der Waals surface area contributed by atoms with Crippen LogP contribution in [0.25, 0.3) is 0 Å². The third-order valence-corrected chi connectivity index (χ3v) is 3.85. The average molecular weight is 314 g/mol. The number of carbonyl (C=O) groups excluding carboxylic acids is 2. The Hall–Kier alpha value is -2.86. The standard InChI is InChI=1S/C17H14O6/c18-3-1-2-8-4-10-14(12(20)5-8)17(23)15-11(16(10)22)6-9(19)7-13(15)21/h4-7,18-21H,1-3H2. The minimum Gasteiger partial charge on any atom is -0.508 e. The first-order valence-electron chi connectivity index (χ1n) is 7.06. The normalized spacial score (nSPS) is 12.9. The number of aliphatic hydroxyl groups is 1. The Morgan fingerprint density at radius 3 is 2.04 bits per heavy atom. The fourth-order valence-electron chi connectivity index (χ4n) is 2.83. The number of hydrogen-bond acceptors (Lipinski definition) is 6. The monoisotopic (exact) mass is 314 g/mol. The van der Waals surface area contributed by atoms with E-state index in [9.17, 15) is 24.9 Å². The fourth-order valence-corrected chi connectivity index (χ4v) is 2.83. The lowest BCUT2D eigenvalue weighted by atomic mass is 9.82. The van der Waals surface area contributed by atoms with Crippen LogP contribution in [0.1, 0.15) is 43.8 Å². The van der Waals surface area contributed by atoms with E-state index in [0.717, 1.165) is 12.1 Å². The average Bonchev–Trinajstić information content (AvgIpc) is 2.49. The zero-order valence-electron chi connectivity index (χ0n) is 12.0. The number of aryl methyl sites for hydroxylation is 1. The first-order chi connectivity index (χ1) is 10.9. The van der Waals surface area contributed by atoms with Gasteiger partial charge in [0.15, 0.2) is 5.78 Å². The molecule has 1 aliphatic carbocycles. The number of hydrogen-bond donors (Lipinski definition) is 4. The highest BCUT2D eigenvalue weighted by Gasteiger charge is 2.35. The van der Waals surface area contributed by atoms with E-state index in [0.29, 0.717) is 18.4 Å². The highest BCUT2D eigenvalue weighted by molar-refractivity contribution is 6.30. The van der Waals surface area contributed by atoms with Gasteiger partial charge in [-0.05, 0) is 36.6 Å². The van der Waals surface area contributed by atoms with Gasteiger partial charge >= 0.3 is 0 Å². The predicted molar refractivity (Wildman–Crippen MR) is 80.2 cm³/mol. The molecule has 23 heavy (non-hydrogen) atoms. The summed E-state index contributed by atoms with van der Waals surface area (Å²) in [5.41, 5.74) is 0.165. The van der Waals surface area contributed by atoms with Crippen LogP contribution in [0, 0.1) is 0 Å². The Bertz CT molecular complexity index is 837. The number of phenols is 3. The van der Waals surface area contributed by atoms with E-state index in [2.05, 4.69) is 0 Å². The summed E-state index contributed by atoms with van der Waals surface area (Å²) in [5, 5.41) is 38.4. The minimum absolute atomic E-state index is 0.0282. The Kier molecular flexibility index (Phi) is 3.54. The molecule has 0 aliphatic heterocycles. The molecule has 1 aliphatic rings. The van der Waals surface area contributed by atoms with Crippen molar-refractivity contribution in [3.8, 4) is 17.2 Å². The van der Waals surface area contributed by atoms with Crippen LogP contribution in [0.4, 0.5) is 0 Å². The maximum Gasteiger partial charge on any atom is 0.201 e. The van der Waals surface area contributed by atoms with E-state index in [1.165, 1.54) is 12.1 Å². The maximum atomic E-state index is 12.6. The van der Waals surface area contributed by atoms with Crippen molar-refractivity contribution in [2.45, 2.75) is 12.8 Å². The quantitative estimate of drug-likeness (QED) is 0.582. The molecule has 4 N–H and O–H groups in total. The minimum atomic E-state index is -0.668. The number of aromatic hydroxyl groups is 3. The lowest BCUT2D eigenvalue weighted by Crippen LogP contribution is -2.21. The topological polar surface area (TPSA) is 115 Å².